The summed E-state index contributed by atoms with van der Waals surface area (Å²) in [5.41, 5.74) is 0.523. The van der Waals surface area contributed by atoms with Crippen molar-refractivity contribution in [3.63, 3.8) is 0 Å². The number of carboxylic acids is 1. The number of halogens is 3. The first-order chi connectivity index (χ1) is 16.6. The molecule has 1 aliphatic heterocycles. The number of hydrogen-bond donors (Lipinski definition) is 2. The van der Waals surface area contributed by atoms with Crippen molar-refractivity contribution in [2.45, 2.75) is 63.6 Å². The van der Waals surface area contributed by atoms with Crippen LogP contribution >= 0.6 is 0 Å². The summed E-state index contributed by atoms with van der Waals surface area (Å²) in [5, 5.41) is 11.6. The quantitative estimate of drug-likeness (QED) is 0.523. The Labute approximate surface area is 200 Å². The molecule has 0 bridgehead atoms. The molecule has 6 nitrogen and oxygen atoms in total. The van der Waals surface area contributed by atoms with Crippen molar-refractivity contribution in [1.29, 1.82) is 0 Å². The SMILES string of the molecule is O=C(O)CC1CCC(=O)c2ccc(OCc3ccc(C4CCCC4)c(C(F)(F)F)c3)cc2NC1=O. The molecule has 1 atom stereocenters. The fourth-order valence-corrected chi connectivity index (χ4v) is 4.87. The Morgan fingerprint density at radius 3 is 2.49 bits per heavy atom. The molecule has 0 radical (unpaired) electrons. The molecule has 2 aromatic carbocycles. The van der Waals surface area contributed by atoms with Gasteiger partial charge in [-0.05, 0) is 54.5 Å². The number of ketones is 1. The number of rotatable bonds is 6. The number of fused-ring (bicyclic) bond motifs is 1. The van der Waals surface area contributed by atoms with Gasteiger partial charge < -0.3 is 15.2 Å². The average molecular weight is 489 g/mol. The average Bonchev–Trinajstić information content (AvgIpc) is 3.33. The number of carbonyl (C=O) groups excluding carboxylic acids is 2. The van der Waals surface area contributed by atoms with Gasteiger partial charge >= 0.3 is 12.1 Å². The first kappa shape index (κ1) is 24.8. The molecule has 2 aromatic rings. The molecule has 1 unspecified atom stereocenters. The zero-order chi connectivity index (χ0) is 25.2. The molecule has 1 aliphatic carbocycles. The molecule has 0 saturated heterocycles. The van der Waals surface area contributed by atoms with E-state index in [-0.39, 0.29) is 54.6 Å². The molecule has 4 rings (SSSR count). The van der Waals surface area contributed by atoms with Crippen LogP contribution in [0.15, 0.2) is 36.4 Å². The van der Waals surface area contributed by atoms with E-state index in [0.29, 0.717) is 11.1 Å². The second-order valence-electron chi connectivity index (χ2n) is 9.14. The highest BCUT2D eigenvalue weighted by molar-refractivity contribution is 6.07. The van der Waals surface area contributed by atoms with Crippen molar-refractivity contribution in [1.82, 2.24) is 0 Å². The van der Waals surface area contributed by atoms with Gasteiger partial charge in [0.2, 0.25) is 5.91 Å². The molecule has 186 valence electrons. The molecular weight excluding hydrogens is 463 g/mol. The van der Waals surface area contributed by atoms with Crippen LogP contribution in [-0.4, -0.2) is 22.8 Å². The monoisotopic (exact) mass is 489 g/mol. The van der Waals surface area contributed by atoms with Crippen molar-refractivity contribution in [3.05, 3.63) is 58.7 Å². The van der Waals surface area contributed by atoms with Gasteiger partial charge in [-0.1, -0.05) is 25.0 Å². The molecule has 1 fully saturated rings. The molecule has 35 heavy (non-hydrogen) atoms. The van der Waals surface area contributed by atoms with E-state index in [4.69, 9.17) is 9.84 Å². The minimum absolute atomic E-state index is 0.0339. The van der Waals surface area contributed by atoms with E-state index >= 15 is 0 Å². The zero-order valence-electron chi connectivity index (χ0n) is 19.0. The van der Waals surface area contributed by atoms with Gasteiger partial charge in [-0.25, -0.2) is 0 Å². The third-order valence-electron chi connectivity index (χ3n) is 6.68. The van der Waals surface area contributed by atoms with Gasteiger partial charge in [0.1, 0.15) is 12.4 Å². The van der Waals surface area contributed by atoms with Gasteiger partial charge in [0.05, 0.1) is 17.7 Å². The number of carbonyl (C=O) groups is 3. The number of nitrogens with one attached hydrogen (secondary N) is 1. The highest BCUT2D eigenvalue weighted by Crippen LogP contribution is 2.42. The molecule has 1 heterocycles. The van der Waals surface area contributed by atoms with Gasteiger partial charge in [0.25, 0.3) is 0 Å². The number of hydrogen-bond acceptors (Lipinski definition) is 4. The standard InChI is InChI=1S/C26H26F3NO5/c27-26(28,29)21-11-15(5-8-19(21)16-3-1-2-4-16)14-35-18-7-9-20-22(13-18)30-25(34)17(12-24(32)33)6-10-23(20)31/h5,7-9,11,13,16-17H,1-4,6,10,12,14H2,(H,30,34)(H,32,33). The number of carboxylic acid groups (broad SMARTS) is 1. The lowest BCUT2D eigenvalue weighted by molar-refractivity contribution is -0.140. The predicted molar refractivity (Wildman–Crippen MR) is 121 cm³/mol. The lowest BCUT2D eigenvalue weighted by Gasteiger charge is -2.21. The van der Waals surface area contributed by atoms with Gasteiger partial charge in [-0.15, -0.1) is 0 Å². The topological polar surface area (TPSA) is 92.7 Å². The number of benzene rings is 2. The van der Waals surface area contributed by atoms with Crippen LogP contribution in [0.25, 0.3) is 0 Å². The zero-order valence-corrected chi connectivity index (χ0v) is 19.0. The van der Waals surface area contributed by atoms with Crippen LogP contribution in [0.4, 0.5) is 18.9 Å². The Morgan fingerprint density at radius 1 is 1.06 bits per heavy atom. The van der Waals surface area contributed by atoms with Crippen LogP contribution in [0.3, 0.4) is 0 Å². The molecule has 0 aromatic heterocycles. The number of Topliss-reactive ketones (excluding diaryl/α,β-unsaturated/α-hetero) is 1. The predicted octanol–water partition coefficient (Wildman–Crippen LogP) is 5.95. The van der Waals surface area contributed by atoms with E-state index in [9.17, 15) is 27.6 Å². The van der Waals surface area contributed by atoms with E-state index in [0.717, 1.165) is 31.7 Å². The van der Waals surface area contributed by atoms with E-state index < -0.39 is 29.5 Å². The molecular formula is C26H26F3NO5. The normalized spacial score (nSPS) is 19.0. The van der Waals surface area contributed by atoms with Crippen LogP contribution in [0.2, 0.25) is 0 Å². The Morgan fingerprint density at radius 2 is 1.80 bits per heavy atom. The first-order valence-electron chi connectivity index (χ1n) is 11.6. The number of ether oxygens (including phenoxy) is 1. The molecule has 2 N–H and O–H groups in total. The van der Waals surface area contributed by atoms with Crippen LogP contribution < -0.4 is 10.1 Å². The number of amides is 1. The third-order valence-corrected chi connectivity index (χ3v) is 6.68. The fraction of sp³-hybridized carbons (Fsp3) is 0.423. The molecule has 2 aliphatic rings. The van der Waals surface area contributed by atoms with E-state index in [2.05, 4.69) is 5.32 Å². The summed E-state index contributed by atoms with van der Waals surface area (Å²) < 4.78 is 46.9. The Kier molecular flexibility index (Phi) is 7.14. The van der Waals surface area contributed by atoms with E-state index in [1.54, 1.807) is 12.1 Å². The van der Waals surface area contributed by atoms with Gasteiger partial charge in [-0.3, -0.25) is 14.4 Å². The second kappa shape index (κ2) is 10.1. The summed E-state index contributed by atoms with van der Waals surface area (Å²) in [7, 11) is 0. The lowest BCUT2D eigenvalue weighted by atomic mass is 9.91. The highest BCUT2D eigenvalue weighted by Gasteiger charge is 2.36. The fourth-order valence-electron chi connectivity index (χ4n) is 4.87. The smallest absolute Gasteiger partial charge is 0.416 e. The molecule has 9 heteroatoms. The number of anilines is 1. The summed E-state index contributed by atoms with van der Waals surface area (Å²) in [6, 6.07) is 8.76. The Hall–Kier alpha value is -3.36. The van der Waals surface area contributed by atoms with Crippen molar-refractivity contribution in [3.8, 4) is 5.75 Å². The minimum atomic E-state index is -4.46. The van der Waals surface area contributed by atoms with Crippen molar-refractivity contribution >= 4 is 23.3 Å². The maximum Gasteiger partial charge on any atom is 0.416 e. The van der Waals surface area contributed by atoms with Crippen LogP contribution in [0, 0.1) is 5.92 Å². The van der Waals surface area contributed by atoms with Crippen LogP contribution in [-0.2, 0) is 22.4 Å². The minimum Gasteiger partial charge on any atom is -0.489 e. The maximum atomic E-state index is 13.7. The molecule has 1 saturated carbocycles. The largest absolute Gasteiger partial charge is 0.489 e. The lowest BCUT2D eigenvalue weighted by Crippen LogP contribution is -2.28. The Bertz CT molecular complexity index is 1140. The summed E-state index contributed by atoms with van der Waals surface area (Å²) in [6.07, 6.45) is -1.31. The third kappa shape index (κ3) is 5.83. The maximum absolute atomic E-state index is 13.7. The number of aliphatic carboxylic acids is 1. The summed E-state index contributed by atoms with van der Waals surface area (Å²) in [6.45, 7) is -0.129. The van der Waals surface area contributed by atoms with Crippen molar-refractivity contribution < 1.29 is 37.4 Å². The summed E-state index contributed by atoms with van der Waals surface area (Å²) in [4.78, 5) is 36.1. The second-order valence-corrected chi connectivity index (χ2v) is 9.14. The summed E-state index contributed by atoms with van der Waals surface area (Å²) in [5.74, 6) is -2.53. The van der Waals surface area contributed by atoms with E-state index in [1.165, 1.54) is 18.2 Å². The van der Waals surface area contributed by atoms with Crippen molar-refractivity contribution in [2.24, 2.45) is 5.92 Å². The highest BCUT2D eigenvalue weighted by atomic mass is 19.4. The summed E-state index contributed by atoms with van der Waals surface area (Å²) >= 11 is 0. The molecule has 0 spiro atoms. The Balaban J connectivity index is 1.52. The van der Waals surface area contributed by atoms with Crippen LogP contribution in [0.5, 0.6) is 5.75 Å². The van der Waals surface area contributed by atoms with Crippen LogP contribution in [0.1, 0.15) is 77.9 Å². The molecule has 1 amide bonds. The van der Waals surface area contributed by atoms with Gasteiger partial charge in [0, 0.05) is 24.0 Å². The van der Waals surface area contributed by atoms with Gasteiger partial charge in [0.15, 0.2) is 5.78 Å². The number of alkyl halides is 3. The van der Waals surface area contributed by atoms with Crippen molar-refractivity contribution in [2.75, 3.05) is 5.32 Å². The first-order valence-corrected chi connectivity index (χ1v) is 11.6. The van der Waals surface area contributed by atoms with Gasteiger partial charge in [-0.2, -0.15) is 13.2 Å². The van der Waals surface area contributed by atoms with E-state index in [1.807, 2.05) is 0 Å².